The summed E-state index contributed by atoms with van der Waals surface area (Å²) in [5, 5.41) is 11.6. The highest BCUT2D eigenvalue weighted by Gasteiger charge is 2.31. The first-order chi connectivity index (χ1) is 12.0. The van der Waals surface area contributed by atoms with Crippen molar-refractivity contribution in [3.63, 3.8) is 0 Å². The normalized spacial score (nSPS) is 13.3. The summed E-state index contributed by atoms with van der Waals surface area (Å²) in [5.74, 6) is -0.941. The Kier molecular flexibility index (Phi) is 4.60. The van der Waals surface area contributed by atoms with Crippen molar-refractivity contribution in [2.24, 2.45) is 0 Å². The van der Waals surface area contributed by atoms with E-state index in [4.69, 9.17) is 4.74 Å². The Morgan fingerprint density at radius 3 is 2.92 bits per heavy atom. The van der Waals surface area contributed by atoms with Crippen LogP contribution in [0.15, 0.2) is 30.5 Å². The molecular formula is C17H16FN3O4. The molecule has 0 amide bonds. The van der Waals surface area contributed by atoms with Gasteiger partial charge in [-0.25, -0.2) is 14.2 Å². The van der Waals surface area contributed by atoms with E-state index in [1.165, 1.54) is 24.4 Å². The van der Waals surface area contributed by atoms with Crippen molar-refractivity contribution in [3.8, 4) is 0 Å². The second-order valence-corrected chi connectivity index (χ2v) is 5.59. The highest BCUT2D eigenvalue weighted by Crippen LogP contribution is 2.33. The van der Waals surface area contributed by atoms with Crippen LogP contribution < -0.4 is 4.90 Å². The molecule has 0 unspecified atom stereocenters. The number of ether oxygens (including phenoxy) is 1. The Morgan fingerprint density at radius 1 is 1.40 bits per heavy atom. The van der Waals surface area contributed by atoms with Crippen molar-refractivity contribution < 1.29 is 18.8 Å². The second-order valence-electron chi connectivity index (χ2n) is 5.59. The number of hydrogen-bond donors (Lipinski definition) is 0. The summed E-state index contributed by atoms with van der Waals surface area (Å²) in [6, 6.07) is 5.79. The number of carbonyl (C=O) groups is 1. The number of rotatable bonds is 4. The number of carbonyl (C=O) groups excluding carboxylic acids is 1. The molecule has 2 aromatic rings. The highest BCUT2D eigenvalue weighted by atomic mass is 19.1. The molecule has 0 spiro atoms. The Labute approximate surface area is 143 Å². The van der Waals surface area contributed by atoms with E-state index in [2.05, 4.69) is 4.98 Å². The second kappa shape index (κ2) is 6.84. The van der Waals surface area contributed by atoms with Gasteiger partial charge in [-0.15, -0.1) is 0 Å². The summed E-state index contributed by atoms with van der Waals surface area (Å²) in [7, 11) is 0. The maximum Gasteiger partial charge on any atom is 0.345 e. The Bertz CT molecular complexity index is 841. The topological polar surface area (TPSA) is 85.6 Å². The summed E-state index contributed by atoms with van der Waals surface area (Å²) in [5.41, 5.74) is 1.26. The molecule has 1 aromatic heterocycles. The van der Waals surface area contributed by atoms with Crippen molar-refractivity contribution >= 4 is 17.5 Å². The first kappa shape index (κ1) is 16.8. The zero-order chi connectivity index (χ0) is 18.0. The van der Waals surface area contributed by atoms with Crippen LogP contribution in [0.25, 0.3) is 0 Å². The molecule has 3 rings (SSSR count). The zero-order valence-electron chi connectivity index (χ0n) is 13.6. The molecule has 130 valence electrons. The van der Waals surface area contributed by atoms with Crippen molar-refractivity contribution in [1.29, 1.82) is 0 Å². The third-order valence-electron chi connectivity index (χ3n) is 4.06. The molecule has 0 bridgehead atoms. The number of esters is 1. The Morgan fingerprint density at radius 2 is 2.20 bits per heavy atom. The van der Waals surface area contributed by atoms with Crippen molar-refractivity contribution in [1.82, 2.24) is 4.98 Å². The average molecular weight is 345 g/mol. The lowest BCUT2D eigenvalue weighted by Gasteiger charge is -2.29. The third-order valence-corrected chi connectivity index (χ3v) is 4.06. The van der Waals surface area contributed by atoms with Gasteiger partial charge in [0.2, 0.25) is 5.82 Å². The van der Waals surface area contributed by atoms with E-state index in [1.54, 1.807) is 17.9 Å². The summed E-state index contributed by atoms with van der Waals surface area (Å²) in [6.07, 6.45) is 1.89. The van der Waals surface area contributed by atoms with Crippen LogP contribution in [-0.2, 0) is 17.7 Å². The van der Waals surface area contributed by atoms with Crippen LogP contribution in [0.2, 0.25) is 0 Å². The summed E-state index contributed by atoms with van der Waals surface area (Å²) in [6.45, 7) is 2.55. The van der Waals surface area contributed by atoms with E-state index < -0.39 is 10.9 Å². The molecule has 1 aliphatic rings. The van der Waals surface area contributed by atoms with Crippen LogP contribution in [0.1, 0.15) is 28.4 Å². The lowest BCUT2D eigenvalue weighted by molar-refractivity contribution is -0.384. The van der Waals surface area contributed by atoms with Gasteiger partial charge in [0.05, 0.1) is 11.5 Å². The molecule has 0 N–H and O–H groups in total. The minimum atomic E-state index is -0.752. The summed E-state index contributed by atoms with van der Waals surface area (Å²) < 4.78 is 18.2. The van der Waals surface area contributed by atoms with Gasteiger partial charge in [0.1, 0.15) is 11.4 Å². The SMILES string of the molecule is CCOC(=O)c1ccnc(N2CCc3cc(F)ccc3C2)c1[N+](=O)[O-]. The molecule has 7 nitrogen and oxygen atoms in total. The Hall–Kier alpha value is -3.03. The highest BCUT2D eigenvalue weighted by molar-refractivity contribution is 5.96. The predicted octanol–water partition coefficient (Wildman–Crippen LogP) is 2.87. The quantitative estimate of drug-likeness (QED) is 0.481. The molecular weight excluding hydrogens is 329 g/mol. The number of nitrogens with zero attached hydrogens (tertiary/aromatic N) is 3. The van der Waals surface area contributed by atoms with Gasteiger partial charge in [0.25, 0.3) is 0 Å². The number of aromatic nitrogens is 1. The van der Waals surface area contributed by atoms with Crippen LogP contribution in [0, 0.1) is 15.9 Å². The van der Waals surface area contributed by atoms with Gasteiger partial charge in [-0.1, -0.05) is 6.07 Å². The summed E-state index contributed by atoms with van der Waals surface area (Å²) in [4.78, 5) is 28.8. The molecule has 0 aliphatic carbocycles. The lowest BCUT2D eigenvalue weighted by atomic mass is 9.99. The molecule has 0 fully saturated rings. The molecule has 0 atom stereocenters. The smallest absolute Gasteiger partial charge is 0.345 e. The number of benzene rings is 1. The van der Waals surface area contributed by atoms with Gasteiger partial charge in [-0.2, -0.15) is 0 Å². The monoisotopic (exact) mass is 345 g/mol. The fraction of sp³-hybridized carbons (Fsp3) is 0.294. The largest absolute Gasteiger partial charge is 0.462 e. The number of hydrogen-bond acceptors (Lipinski definition) is 6. The fourth-order valence-electron chi connectivity index (χ4n) is 2.93. The molecule has 0 saturated heterocycles. The lowest BCUT2D eigenvalue weighted by Crippen LogP contribution is -2.32. The summed E-state index contributed by atoms with van der Waals surface area (Å²) >= 11 is 0. The van der Waals surface area contributed by atoms with Crippen LogP contribution in [-0.4, -0.2) is 29.0 Å². The maximum absolute atomic E-state index is 13.3. The van der Waals surface area contributed by atoms with E-state index in [1.807, 2.05) is 0 Å². The van der Waals surface area contributed by atoms with Gasteiger partial charge in [0.15, 0.2) is 0 Å². The molecule has 1 aliphatic heterocycles. The third kappa shape index (κ3) is 3.28. The molecule has 2 heterocycles. The van der Waals surface area contributed by atoms with Crippen molar-refractivity contribution in [2.75, 3.05) is 18.1 Å². The van der Waals surface area contributed by atoms with Crippen LogP contribution in [0.4, 0.5) is 15.9 Å². The predicted molar refractivity (Wildman–Crippen MR) is 88.0 cm³/mol. The minimum Gasteiger partial charge on any atom is -0.462 e. The van der Waals surface area contributed by atoms with E-state index in [9.17, 15) is 19.3 Å². The zero-order valence-corrected chi connectivity index (χ0v) is 13.6. The molecule has 0 saturated carbocycles. The van der Waals surface area contributed by atoms with Crippen LogP contribution in [0.5, 0.6) is 0 Å². The average Bonchev–Trinajstić information content (AvgIpc) is 2.60. The van der Waals surface area contributed by atoms with Gasteiger partial charge < -0.3 is 9.64 Å². The van der Waals surface area contributed by atoms with Crippen molar-refractivity contribution in [3.05, 3.63) is 63.1 Å². The first-order valence-electron chi connectivity index (χ1n) is 7.84. The molecule has 8 heteroatoms. The number of fused-ring (bicyclic) bond motifs is 1. The molecule has 25 heavy (non-hydrogen) atoms. The Balaban J connectivity index is 2.00. The van der Waals surface area contributed by atoms with E-state index in [-0.39, 0.29) is 29.5 Å². The van der Waals surface area contributed by atoms with Gasteiger partial charge in [-0.3, -0.25) is 10.1 Å². The van der Waals surface area contributed by atoms with Crippen molar-refractivity contribution in [2.45, 2.75) is 19.9 Å². The number of halogens is 1. The minimum absolute atomic E-state index is 0.116. The molecule has 0 radical (unpaired) electrons. The van der Waals surface area contributed by atoms with Crippen LogP contribution in [0.3, 0.4) is 0 Å². The van der Waals surface area contributed by atoms with Gasteiger partial charge in [0, 0.05) is 19.3 Å². The number of nitro groups is 1. The van der Waals surface area contributed by atoms with Crippen LogP contribution >= 0.6 is 0 Å². The molecule has 1 aromatic carbocycles. The maximum atomic E-state index is 13.3. The number of pyridine rings is 1. The van der Waals surface area contributed by atoms with E-state index in [0.29, 0.717) is 19.5 Å². The first-order valence-corrected chi connectivity index (χ1v) is 7.84. The standard InChI is InChI=1S/C17H16FN3O4/c1-2-25-17(22)14-5-7-19-16(15(14)21(23)24)20-8-6-11-9-13(18)4-3-12(11)10-20/h3-5,7,9H,2,6,8,10H2,1H3. The number of anilines is 1. The van der Waals surface area contributed by atoms with E-state index in [0.717, 1.165) is 11.1 Å². The van der Waals surface area contributed by atoms with E-state index >= 15 is 0 Å². The van der Waals surface area contributed by atoms with Gasteiger partial charge in [-0.05, 0) is 42.7 Å². The fourth-order valence-corrected chi connectivity index (χ4v) is 2.93. The van der Waals surface area contributed by atoms with Gasteiger partial charge >= 0.3 is 11.7 Å².